The maximum Gasteiger partial charge on any atom is 0.323 e. The maximum atomic E-state index is 11.8. The second kappa shape index (κ2) is 11.9. The number of esters is 1. The Morgan fingerprint density at radius 3 is 2.48 bits per heavy atom. The number of rotatable bonds is 14. The van der Waals surface area contributed by atoms with Crippen LogP contribution in [0.5, 0.6) is 0 Å². The van der Waals surface area contributed by atoms with Crippen molar-refractivity contribution in [3.8, 4) is 0 Å². The lowest BCUT2D eigenvalue weighted by Crippen LogP contribution is -2.40. The molecule has 6 heteroatoms. The highest BCUT2D eigenvalue weighted by molar-refractivity contribution is 5.75. The Balaban J connectivity index is 2.00. The first kappa shape index (κ1) is 18.4. The lowest BCUT2D eigenvalue weighted by atomic mass is 10.2. The molecule has 0 bridgehead atoms. The molecule has 0 saturated heterocycles. The molecule has 1 unspecified atom stereocenters. The molecule has 1 aliphatic carbocycles. The van der Waals surface area contributed by atoms with Crippen LogP contribution in [0.3, 0.4) is 0 Å². The molecule has 21 heavy (non-hydrogen) atoms. The van der Waals surface area contributed by atoms with E-state index in [9.17, 15) is 4.79 Å². The molecule has 1 fully saturated rings. The van der Waals surface area contributed by atoms with E-state index in [-0.39, 0.29) is 12.0 Å². The molecule has 0 amide bonds. The van der Waals surface area contributed by atoms with Crippen molar-refractivity contribution in [1.29, 1.82) is 0 Å². The average Bonchev–Trinajstić information content (AvgIpc) is 3.28. The molecule has 1 aliphatic rings. The predicted octanol–water partition coefficient (Wildman–Crippen LogP) is 1.13. The van der Waals surface area contributed by atoms with Crippen molar-refractivity contribution < 1.29 is 23.7 Å². The van der Waals surface area contributed by atoms with E-state index in [0.29, 0.717) is 45.5 Å². The van der Waals surface area contributed by atoms with Gasteiger partial charge in [0.05, 0.1) is 19.8 Å². The topological polar surface area (TPSA) is 66.0 Å². The molecule has 1 saturated carbocycles. The van der Waals surface area contributed by atoms with Crippen LogP contribution in [0.2, 0.25) is 0 Å². The van der Waals surface area contributed by atoms with Crippen LogP contribution in [0.1, 0.15) is 32.6 Å². The molecule has 0 aliphatic heterocycles. The molecule has 0 spiro atoms. The van der Waals surface area contributed by atoms with E-state index in [1.165, 1.54) is 0 Å². The van der Waals surface area contributed by atoms with Gasteiger partial charge in [-0.05, 0) is 32.6 Å². The van der Waals surface area contributed by atoms with Crippen LogP contribution >= 0.6 is 0 Å². The van der Waals surface area contributed by atoms with E-state index in [4.69, 9.17) is 18.9 Å². The van der Waals surface area contributed by atoms with Crippen molar-refractivity contribution in [3.05, 3.63) is 0 Å². The Kier molecular flexibility index (Phi) is 10.4. The van der Waals surface area contributed by atoms with Crippen molar-refractivity contribution >= 4 is 5.97 Å². The second-order valence-electron chi connectivity index (χ2n) is 5.11. The average molecular weight is 303 g/mol. The van der Waals surface area contributed by atoms with E-state index in [0.717, 1.165) is 25.9 Å². The fourth-order valence-corrected chi connectivity index (χ4v) is 1.88. The van der Waals surface area contributed by atoms with E-state index >= 15 is 0 Å². The molecule has 0 aromatic rings. The quantitative estimate of drug-likeness (QED) is 0.383. The van der Waals surface area contributed by atoms with Gasteiger partial charge in [-0.1, -0.05) is 0 Å². The lowest BCUT2D eigenvalue weighted by molar-refractivity contribution is -0.146. The number of carbonyl (C=O) groups is 1. The fraction of sp³-hybridized carbons (Fsp3) is 0.933. The van der Waals surface area contributed by atoms with Gasteiger partial charge >= 0.3 is 5.97 Å². The molecular formula is C15H29NO5. The summed E-state index contributed by atoms with van der Waals surface area (Å²) in [7, 11) is 1.68. The van der Waals surface area contributed by atoms with Crippen molar-refractivity contribution in [2.24, 2.45) is 0 Å². The Morgan fingerprint density at radius 1 is 1.14 bits per heavy atom. The monoisotopic (exact) mass is 303 g/mol. The number of carbonyl (C=O) groups excluding carboxylic acids is 1. The zero-order valence-corrected chi connectivity index (χ0v) is 13.3. The zero-order valence-electron chi connectivity index (χ0n) is 13.3. The maximum absolute atomic E-state index is 11.8. The molecule has 0 radical (unpaired) electrons. The summed E-state index contributed by atoms with van der Waals surface area (Å²) < 4.78 is 20.9. The number of ether oxygens (including phenoxy) is 4. The highest BCUT2D eigenvalue weighted by Crippen LogP contribution is 2.20. The first-order valence-corrected chi connectivity index (χ1v) is 7.85. The van der Waals surface area contributed by atoms with Gasteiger partial charge < -0.3 is 24.3 Å². The number of nitrogens with one attached hydrogen (secondary N) is 1. The molecule has 1 N–H and O–H groups in total. The third-order valence-corrected chi connectivity index (χ3v) is 3.15. The molecule has 1 rings (SSSR count). The Bertz CT molecular complexity index is 271. The smallest absolute Gasteiger partial charge is 0.323 e. The van der Waals surface area contributed by atoms with E-state index in [1.807, 2.05) is 6.92 Å². The van der Waals surface area contributed by atoms with Crippen molar-refractivity contribution in [2.75, 3.05) is 46.8 Å². The summed E-state index contributed by atoms with van der Waals surface area (Å²) >= 11 is 0. The Labute approximate surface area is 127 Å². The van der Waals surface area contributed by atoms with Crippen LogP contribution in [-0.4, -0.2) is 64.8 Å². The minimum Gasteiger partial charge on any atom is -0.465 e. The van der Waals surface area contributed by atoms with Crippen LogP contribution in [0.4, 0.5) is 0 Å². The molecule has 1 atom stereocenters. The molecule has 6 nitrogen and oxygen atoms in total. The van der Waals surface area contributed by atoms with Gasteiger partial charge in [0.25, 0.3) is 0 Å². The number of hydrogen-bond donors (Lipinski definition) is 1. The standard InChI is InChI=1S/C15H29NO5/c1-3-21-15(17)14(16-13-5-6-13)7-10-20-12-11-19-9-4-8-18-2/h13-14,16H,3-12H2,1-2H3. The van der Waals surface area contributed by atoms with Crippen LogP contribution in [-0.2, 0) is 23.7 Å². The van der Waals surface area contributed by atoms with Crippen molar-refractivity contribution in [1.82, 2.24) is 5.32 Å². The first-order valence-electron chi connectivity index (χ1n) is 7.85. The first-order chi connectivity index (χ1) is 10.3. The van der Waals surface area contributed by atoms with E-state index < -0.39 is 0 Å². The molecule has 0 aromatic heterocycles. The van der Waals surface area contributed by atoms with Gasteiger partial charge in [0.15, 0.2) is 0 Å². The van der Waals surface area contributed by atoms with E-state index in [1.54, 1.807) is 7.11 Å². The summed E-state index contributed by atoms with van der Waals surface area (Å²) in [5, 5.41) is 3.30. The van der Waals surface area contributed by atoms with Gasteiger partial charge in [-0.3, -0.25) is 4.79 Å². The minimum atomic E-state index is -0.250. The highest BCUT2D eigenvalue weighted by atomic mass is 16.5. The summed E-state index contributed by atoms with van der Waals surface area (Å²) in [5.41, 5.74) is 0. The summed E-state index contributed by atoms with van der Waals surface area (Å²) in [6.45, 7) is 5.29. The molecular weight excluding hydrogens is 274 g/mol. The third-order valence-electron chi connectivity index (χ3n) is 3.15. The molecule has 124 valence electrons. The molecule has 0 aromatic carbocycles. The number of hydrogen-bond acceptors (Lipinski definition) is 6. The van der Waals surface area contributed by atoms with E-state index in [2.05, 4.69) is 5.32 Å². The predicted molar refractivity (Wildman–Crippen MR) is 79.3 cm³/mol. The largest absolute Gasteiger partial charge is 0.465 e. The summed E-state index contributed by atoms with van der Waals surface area (Å²) in [6, 6.07) is 0.226. The van der Waals surface area contributed by atoms with Gasteiger partial charge in [0, 0.05) is 33.0 Å². The summed E-state index contributed by atoms with van der Waals surface area (Å²) in [4.78, 5) is 11.8. The van der Waals surface area contributed by atoms with Crippen molar-refractivity contribution in [2.45, 2.75) is 44.7 Å². The fourth-order valence-electron chi connectivity index (χ4n) is 1.88. The highest BCUT2D eigenvalue weighted by Gasteiger charge is 2.28. The summed E-state index contributed by atoms with van der Waals surface area (Å²) in [6.07, 6.45) is 3.82. The van der Waals surface area contributed by atoms with Gasteiger partial charge in [-0.25, -0.2) is 0 Å². The van der Waals surface area contributed by atoms with Gasteiger partial charge in [0.1, 0.15) is 6.04 Å². The van der Waals surface area contributed by atoms with Crippen LogP contribution in [0, 0.1) is 0 Å². The normalized spacial score (nSPS) is 15.9. The van der Waals surface area contributed by atoms with Crippen molar-refractivity contribution in [3.63, 3.8) is 0 Å². The van der Waals surface area contributed by atoms with Gasteiger partial charge in [-0.2, -0.15) is 0 Å². The lowest BCUT2D eigenvalue weighted by Gasteiger charge is -2.17. The van der Waals surface area contributed by atoms with Gasteiger partial charge in [0.2, 0.25) is 0 Å². The zero-order chi connectivity index (χ0) is 15.3. The minimum absolute atomic E-state index is 0.177. The third kappa shape index (κ3) is 9.79. The van der Waals surface area contributed by atoms with Crippen LogP contribution in [0.25, 0.3) is 0 Å². The number of methoxy groups -OCH3 is 1. The Morgan fingerprint density at radius 2 is 1.86 bits per heavy atom. The Hall–Kier alpha value is -0.690. The van der Waals surface area contributed by atoms with Crippen LogP contribution < -0.4 is 5.32 Å². The van der Waals surface area contributed by atoms with Gasteiger partial charge in [-0.15, -0.1) is 0 Å². The van der Waals surface area contributed by atoms with Crippen LogP contribution in [0.15, 0.2) is 0 Å². The summed E-state index contributed by atoms with van der Waals surface area (Å²) in [5.74, 6) is -0.177. The second-order valence-corrected chi connectivity index (χ2v) is 5.11. The molecule has 0 heterocycles. The SMILES string of the molecule is CCOC(=O)C(CCOCCOCCCOC)NC1CC1.